The van der Waals surface area contributed by atoms with Crippen molar-refractivity contribution in [3.8, 4) is 11.5 Å². The van der Waals surface area contributed by atoms with E-state index in [2.05, 4.69) is 30.6 Å². The smallest absolute Gasteiger partial charge is 0.182 e. The Bertz CT molecular complexity index is 882. The van der Waals surface area contributed by atoms with E-state index >= 15 is 0 Å². The van der Waals surface area contributed by atoms with Crippen molar-refractivity contribution >= 4 is 23.1 Å². The highest BCUT2D eigenvalue weighted by Gasteiger charge is 2.10. The summed E-state index contributed by atoms with van der Waals surface area (Å²) in [6.45, 7) is 4.01. The fourth-order valence-corrected chi connectivity index (χ4v) is 2.20. The number of rotatable bonds is 5. The average Bonchev–Trinajstić information content (AvgIpc) is 2.54. The molecule has 7 nitrogen and oxygen atoms in total. The van der Waals surface area contributed by atoms with Gasteiger partial charge in [0.25, 0.3) is 0 Å². The van der Waals surface area contributed by atoms with Crippen LogP contribution in [0, 0.1) is 5.82 Å². The summed E-state index contributed by atoms with van der Waals surface area (Å²) >= 11 is 0. The van der Waals surface area contributed by atoms with Gasteiger partial charge in [0, 0.05) is 18.2 Å². The zero-order chi connectivity index (χ0) is 17.8. The Balaban J connectivity index is 2.00. The van der Waals surface area contributed by atoms with Gasteiger partial charge >= 0.3 is 0 Å². The zero-order valence-electron chi connectivity index (χ0n) is 13.9. The predicted octanol–water partition coefficient (Wildman–Crippen LogP) is 3.22. The molecule has 0 amide bonds. The van der Waals surface area contributed by atoms with Gasteiger partial charge in [-0.25, -0.2) is 19.3 Å². The number of pyridine rings is 2. The molecule has 3 aromatic heterocycles. The SMILES string of the molecule is CC(C)Nc1cc(Nc2cncc(F)c2)nc(-c2cccc(N)n2)n1. The number of hydrogen-bond acceptors (Lipinski definition) is 7. The molecule has 128 valence electrons. The first kappa shape index (κ1) is 16.6. The van der Waals surface area contributed by atoms with E-state index in [4.69, 9.17) is 5.73 Å². The van der Waals surface area contributed by atoms with Crippen LogP contribution in [0.15, 0.2) is 42.7 Å². The Kier molecular flexibility index (Phi) is 4.69. The van der Waals surface area contributed by atoms with Gasteiger partial charge in [0.05, 0.1) is 18.1 Å². The Hall–Kier alpha value is -3.29. The van der Waals surface area contributed by atoms with Gasteiger partial charge in [-0.3, -0.25) is 4.98 Å². The monoisotopic (exact) mass is 339 g/mol. The van der Waals surface area contributed by atoms with Crippen molar-refractivity contribution in [3.63, 3.8) is 0 Å². The van der Waals surface area contributed by atoms with Crippen LogP contribution < -0.4 is 16.4 Å². The van der Waals surface area contributed by atoms with Gasteiger partial charge in [0.1, 0.15) is 29.0 Å². The molecular weight excluding hydrogens is 321 g/mol. The molecule has 0 fully saturated rings. The van der Waals surface area contributed by atoms with Crippen molar-refractivity contribution < 1.29 is 4.39 Å². The molecule has 8 heteroatoms. The van der Waals surface area contributed by atoms with E-state index in [0.717, 1.165) is 6.20 Å². The lowest BCUT2D eigenvalue weighted by molar-refractivity contribution is 0.622. The highest BCUT2D eigenvalue weighted by molar-refractivity contribution is 5.63. The van der Waals surface area contributed by atoms with Crippen LogP contribution in [0.1, 0.15) is 13.8 Å². The molecule has 3 rings (SSSR count). The number of nitrogens with two attached hydrogens (primary N) is 1. The molecule has 0 aromatic carbocycles. The lowest BCUT2D eigenvalue weighted by Crippen LogP contribution is -2.12. The third-order valence-corrected chi connectivity index (χ3v) is 3.14. The minimum Gasteiger partial charge on any atom is -0.384 e. The van der Waals surface area contributed by atoms with Crippen LogP contribution in [-0.2, 0) is 0 Å². The van der Waals surface area contributed by atoms with Gasteiger partial charge in [0.15, 0.2) is 5.82 Å². The van der Waals surface area contributed by atoms with Crippen molar-refractivity contribution in [2.24, 2.45) is 0 Å². The summed E-state index contributed by atoms with van der Waals surface area (Å²) in [7, 11) is 0. The van der Waals surface area contributed by atoms with Crippen LogP contribution >= 0.6 is 0 Å². The standard InChI is InChI=1S/C17H18FN7/c1-10(2)21-15-7-16(22-12-6-11(18)8-20-9-12)25-17(24-15)13-4-3-5-14(19)23-13/h3-10H,1-2H3,(H2,19,23)(H2,21,22,24,25). The molecule has 3 heterocycles. The van der Waals surface area contributed by atoms with E-state index < -0.39 is 5.82 Å². The number of anilines is 4. The lowest BCUT2D eigenvalue weighted by atomic mass is 10.3. The molecule has 0 aliphatic rings. The van der Waals surface area contributed by atoms with E-state index in [-0.39, 0.29) is 6.04 Å². The Morgan fingerprint density at radius 1 is 1.04 bits per heavy atom. The Morgan fingerprint density at radius 3 is 2.56 bits per heavy atom. The third-order valence-electron chi connectivity index (χ3n) is 3.14. The molecule has 0 radical (unpaired) electrons. The minimum atomic E-state index is -0.433. The number of nitrogens with zero attached hydrogens (tertiary/aromatic N) is 4. The maximum atomic E-state index is 13.3. The fourth-order valence-electron chi connectivity index (χ4n) is 2.20. The molecule has 3 aromatic rings. The lowest BCUT2D eigenvalue weighted by Gasteiger charge is -2.13. The molecule has 0 bridgehead atoms. The molecule has 0 unspecified atom stereocenters. The molecular formula is C17H18FN7. The highest BCUT2D eigenvalue weighted by atomic mass is 19.1. The fraction of sp³-hybridized carbons (Fsp3) is 0.176. The average molecular weight is 339 g/mol. The van der Waals surface area contributed by atoms with E-state index in [1.165, 1.54) is 12.3 Å². The van der Waals surface area contributed by atoms with Gasteiger partial charge in [-0.1, -0.05) is 6.07 Å². The number of halogens is 1. The van der Waals surface area contributed by atoms with Crippen molar-refractivity contribution in [1.29, 1.82) is 0 Å². The summed E-state index contributed by atoms with van der Waals surface area (Å²) in [5.74, 6) is 1.47. The molecule has 0 saturated carbocycles. The largest absolute Gasteiger partial charge is 0.384 e. The van der Waals surface area contributed by atoms with E-state index in [1.54, 1.807) is 24.3 Å². The Labute approximate surface area is 144 Å². The first-order valence-electron chi connectivity index (χ1n) is 7.76. The molecule has 0 spiro atoms. The van der Waals surface area contributed by atoms with Gasteiger partial charge < -0.3 is 16.4 Å². The normalized spacial score (nSPS) is 10.7. The predicted molar refractivity (Wildman–Crippen MR) is 95.9 cm³/mol. The number of nitrogens with one attached hydrogen (secondary N) is 2. The second kappa shape index (κ2) is 7.08. The first-order valence-corrected chi connectivity index (χ1v) is 7.76. The molecule has 0 aliphatic heterocycles. The second-order valence-electron chi connectivity index (χ2n) is 5.73. The first-order chi connectivity index (χ1) is 12.0. The zero-order valence-corrected chi connectivity index (χ0v) is 13.9. The quantitative estimate of drug-likeness (QED) is 0.656. The van der Waals surface area contributed by atoms with Crippen molar-refractivity contribution in [2.45, 2.75) is 19.9 Å². The maximum absolute atomic E-state index is 13.3. The third kappa shape index (κ3) is 4.37. The van der Waals surface area contributed by atoms with Gasteiger partial charge in [-0.15, -0.1) is 0 Å². The van der Waals surface area contributed by atoms with Crippen LogP contribution in [0.2, 0.25) is 0 Å². The summed E-state index contributed by atoms with van der Waals surface area (Å²) in [5.41, 5.74) is 6.78. The van der Waals surface area contributed by atoms with Crippen LogP contribution in [0.5, 0.6) is 0 Å². The Morgan fingerprint density at radius 2 is 1.84 bits per heavy atom. The molecule has 4 N–H and O–H groups in total. The van der Waals surface area contributed by atoms with E-state index in [9.17, 15) is 4.39 Å². The van der Waals surface area contributed by atoms with Crippen LogP contribution in [0.4, 0.5) is 27.5 Å². The highest BCUT2D eigenvalue weighted by Crippen LogP contribution is 2.22. The summed E-state index contributed by atoms with van der Waals surface area (Å²) in [6.07, 6.45) is 2.65. The number of hydrogen-bond donors (Lipinski definition) is 3. The summed E-state index contributed by atoms with van der Waals surface area (Å²) in [6, 6.07) is 8.51. The van der Waals surface area contributed by atoms with E-state index in [1.807, 2.05) is 13.8 Å². The molecule has 25 heavy (non-hydrogen) atoms. The summed E-state index contributed by atoms with van der Waals surface area (Å²) < 4.78 is 13.3. The van der Waals surface area contributed by atoms with Gasteiger partial charge in [-0.2, -0.15) is 0 Å². The number of aromatic nitrogens is 4. The van der Waals surface area contributed by atoms with Gasteiger partial charge in [0.2, 0.25) is 0 Å². The van der Waals surface area contributed by atoms with Crippen molar-refractivity contribution in [3.05, 3.63) is 48.5 Å². The summed E-state index contributed by atoms with van der Waals surface area (Å²) in [4.78, 5) is 17.0. The topological polar surface area (TPSA) is 102 Å². The van der Waals surface area contributed by atoms with Crippen LogP contribution in [0.3, 0.4) is 0 Å². The van der Waals surface area contributed by atoms with Crippen LogP contribution in [0.25, 0.3) is 11.5 Å². The molecule has 0 saturated heterocycles. The number of nitrogen functional groups attached to an aromatic ring is 1. The van der Waals surface area contributed by atoms with Crippen molar-refractivity contribution in [1.82, 2.24) is 19.9 Å². The summed E-state index contributed by atoms with van der Waals surface area (Å²) in [5, 5.41) is 6.26. The van der Waals surface area contributed by atoms with Crippen LogP contribution in [-0.4, -0.2) is 26.0 Å². The van der Waals surface area contributed by atoms with Crippen molar-refractivity contribution in [2.75, 3.05) is 16.4 Å². The molecule has 0 aliphatic carbocycles. The maximum Gasteiger partial charge on any atom is 0.182 e. The second-order valence-corrected chi connectivity index (χ2v) is 5.73. The minimum absolute atomic E-state index is 0.181. The van der Waals surface area contributed by atoms with Gasteiger partial charge in [-0.05, 0) is 26.0 Å². The van der Waals surface area contributed by atoms with E-state index in [0.29, 0.717) is 34.7 Å². The molecule has 0 atom stereocenters.